The molecule has 2 aliphatic heterocycles. The van der Waals surface area contributed by atoms with E-state index in [0.29, 0.717) is 17.9 Å². The summed E-state index contributed by atoms with van der Waals surface area (Å²) in [5.41, 5.74) is 0.685. The second kappa shape index (κ2) is 6.14. The topological polar surface area (TPSA) is 105 Å². The van der Waals surface area contributed by atoms with Gasteiger partial charge in [0.05, 0.1) is 5.02 Å². The van der Waals surface area contributed by atoms with Gasteiger partial charge >= 0.3 is 5.97 Å². The normalized spacial score (nSPS) is 23.0. The maximum Gasteiger partial charge on any atom is 0.352 e. The fourth-order valence-electron chi connectivity index (χ4n) is 2.70. The van der Waals surface area contributed by atoms with E-state index in [1.54, 1.807) is 6.92 Å². The third-order valence-corrected chi connectivity index (χ3v) is 5.60. The smallest absolute Gasteiger partial charge is 0.352 e. The lowest BCUT2D eigenvalue weighted by molar-refractivity contribution is -0.148. The van der Waals surface area contributed by atoms with Crippen molar-refractivity contribution in [1.82, 2.24) is 20.0 Å². The maximum absolute atomic E-state index is 12.3. The molecule has 0 saturated carbocycles. The number of nitrogens with zero attached hydrogens (tertiary/aromatic N) is 3. The van der Waals surface area contributed by atoms with E-state index in [-0.39, 0.29) is 16.4 Å². The number of amides is 2. The Labute approximate surface area is 146 Å². The molecule has 2 N–H and O–H groups in total. The van der Waals surface area contributed by atoms with Crippen molar-refractivity contribution in [3.05, 3.63) is 28.2 Å². The summed E-state index contributed by atoms with van der Waals surface area (Å²) >= 11 is 7.41. The molecule has 8 nitrogen and oxygen atoms in total. The van der Waals surface area contributed by atoms with E-state index < -0.39 is 29.2 Å². The van der Waals surface area contributed by atoms with Crippen molar-refractivity contribution < 1.29 is 19.5 Å². The predicted molar refractivity (Wildman–Crippen MR) is 87.6 cm³/mol. The van der Waals surface area contributed by atoms with Gasteiger partial charge in [-0.2, -0.15) is 5.10 Å². The maximum atomic E-state index is 12.3. The van der Waals surface area contributed by atoms with Crippen LogP contribution in [0.4, 0.5) is 0 Å². The second-order valence-electron chi connectivity index (χ2n) is 5.48. The van der Waals surface area contributed by atoms with E-state index in [2.05, 4.69) is 10.4 Å². The molecule has 0 aromatic carbocycles. The van der Waals surface area contributed by atoms with Gasteiger partial charge in [-0.15, -0.1) is 11.8 Å². The number of carboxylic acid groups (broad SMARTS) is 1. The van der Waals surface area contributed by atoms with Gasteiger partial charge < -0.3 is 10.4 Å². The van der Waals surface area contributed by atoms with Crippen LogP contribution in [0.15, 0.2) is 17.5 Å². The Balaban J connectivity index is 1.77. The zero-order valence-electron chi connectivity index (χ0n) is 12.9. The third-order valence-electron chi connectivity index (χ3n) is 3.90. The minimum Gasteiger partial charge on any atom is -0.477 e. The van der Waals surface area contributed by atoms with Crippen LogP contribution in [0, 0.1) is 0 Å². The Kier molecular flexibility index (Phi) is 4.31. The first-order valence-corrected chi connectivity index (χ1v) is 8.69. The summed E-state index contributed by atoms with van der Waals surface area (Å²) < 4.78 is 1.52. The SMILES string of the molecule is CCn1cc(Cl)c(C(=O)NC2C(=O)N3C(C(=O)O)=C(C)CSC23)n1. The van der Waals surface area contributed by atoms with E-state index in [0.717, 1.165) is 0 Å². The molecule has 24 heavy (non-hydrogen) atoms. The van der Waals surface area contributed by atoms with E-state index in [4.69, 9.17) is 11.6 Å². The van der Waals surface area contributed by atoms with Crippen LogP contribution < -0.4 is 5.32 Å². The van der Waals surface area contributed by atoms with Crippen LogP contribution in [0.2, 0.25) is 5.02 Å². The number of aryl methyl sites for hydroxylation is 1. The molecule has 3 heterocycles. The molecule has 3 rings (SSSR count). The molecule has 0 aliphatic carbocycles. The van der Waals surface area contributed by atoms with Crippen LogP contribution in [-0.2, 0) is 16.1 Å². The highest BCUT2D eigenvalue weighted by molar-refractivity contribution is 8.00. The summed E-state index contributed by atoms with van der Waals surface area (Å²) in [6, 6.07) is -0.784. The van der Waals surface area contributed by atoms with Gasteiger partial charge in [-0.1, -0.05) is 11.6 Å². The van der Waals surface area contributed by atoms with Gasteiger partial charge in [0.25, 0.3) is 11.8 Å². The molecular formula is C14H15ClN4O4S. The number of rotatable bonds is 4. The second-order valence-corrected chi connectivity index (χ2v) is 6.99. The molecule has 10 heteroatoms. The van der Waals surface area contributed by atoms with Crippen molar-refractivity contribution in [2.24, 2.45) is 0 Å². The third kappa shape index (κ3) is 2.57. The molecule has 2 unspecified atom stereocenters. The van der Waals surface area contributed by atoms with Crippen molar-refractivity contribution in [3.8, 4) is 0 Å². The number of carboxylic acids is 1. The minimum atomic E-state index is -1.14. The molecule has 2 atom stereocenters. The quantitative estimate of drug-likeness (QED) is 0.764. The van der Waals surface area contributed by atoms with Crippen LogP contribution in [0.25, 0.3) is 0 Å². The minimum absolute atomic E-state index is 0.00235. The Morgan fingerprint density at radius 1 is 1.54 bits per heavy atom. The highest BCUT2D eigenvalue weighted by Crippen LogP contribution is 2.40. The van der Waals surface area contributed by atoms with Gasteiger partial charge in [0.2, 0.25) is 0 Å². The van der Waals surface area contributed by atoms with E-state index in [1.165, 1.54) is 27.5 Å². The summed E-state index contributed by atoms with van der Waals surface area (Å²) in [6.45, 7) is 4.11. The summed E-state index contributed by atoms with van der Waals surface area (Å²) in [5.74, 6) is -1.63. The van der Waals surface area contributed by atoms with Gasteiger partial charge in [-0.05, 0) is 19.4 Å². The average molecular weight is 371 g/mol. The Hall–Kier alpha value is -2.00. The van der Waals surface area contributed by atoms with Crippen LogP contribution in [-0.4, -0.2) is 54.7 Å². The largest absolute Gasteiger partial charge is 0.477 e. The standard InChI is InChI=1S/C14H15ClN4O4S/c1-3-18-4-7(15)8(17-18)11(20)16-9-12(21)19-10(14(22)23)6(2)5-24-13(9)19/h4,9,13H,3,5H2,1-2H3,(H,16,20)(H,22,23). The van der Waals surface area contributed by atoms with Crippen LogP contribution in [0.1, 0.15) is 24.3 Å². The number of hydrogen-bond acceptors (Lipinski definition) is 5. The molecule has 1 saturated heterocycles. The van der Waals surface area contributed by atoms with E-state index >= 15 is 0 Å². The summed E-state index contributed by atoms with van der Waals surface area (Å²) in [6.07, 6.45) is 1.54. The number of halogens is 1. The lowest BCUT2D eigenvalue weighted by Gasteiger charge is -2.49. The van der Waals surface area contributed by atoms with Gasteiger partial charge in [0.15, 0.2) is 5.69 Å². The highest BCUT2D eigenvalue weighted by atomic mass is 35.5. The Morgan fingerprint density at radius 2 is 2.25 bits per heavy atom. The van der Waals surface area contributed by atoms with Crippen molar-refractivity contribution in [2.45, 2.75) is 31.8 Å². The molecule has 1 aromatic rings. The van der Waals surface area contributed by atoms with Crippen LogP contribution in [0.5, 0.6) is 0 Å². The molecule has 0 bridgehead atoms. The predicted octanol–water partition coefficient (Wildman–Crippen LogP) is 0.928. The first kappa shape index (κ1) is 16.8. The number of β-lactam (4-membered cyclic amide) rings is 1. The van der Waals surface area contributed by atoms with Crippen molar-refractivity contribution in [2.75, 3.05) is 5.75 Å². The monoisotopic (exact) mass is 370 g/mol. The average Bonchev–Trinajstić information content (AvgIpc) is 2.93. The van der Waals surface area contributed by atoms with E-state index in [9.17, 15) is 19.5 Å². The van der Waals surface area contributed by atoms with E-state index in [1.807, 2.05) is 6.92 Å². The van der Waals surface area contributed by atoms with Crippen LogP contribution >= 0.6 is 23.4 Å². The van der Waals surface area contributed by atoms with Crippen molar-refractivity contribution in [1.29, 1.82) is 0 Å². The molecule has 0 spiro atoms. The van der Waals surface area contributed by atoms with Gasteiger partial charge in [-0.3, -0.25) is 19.2 Å². The summed E-state index contributed by atoms with van der Waals surface area (Å²) in [4.78, 5) is 37.2. The molecule has 2 amide bonds. The molecular weight excluding hydrogens is 356 g/mol. The molecule has 0 radical (unpaired) electrons. The summed E-state index contributed by atoms with van der Waals surface area (Å²) in [5, 5.41) is 15.7. The number of hydrogen-bond donors (Lipinski definition) is 2. The number of carbonyl (C=O) groups excluding carboxylic acids is 2. The lowest BCUT2D eigenvalue weighted by atomic mass is 10.0. The first-order valence-electron chi connectivity index (χ1n) is 7.26. The Bertz CT molecular complexity index is 775. The lowest BCUT2D eigenvalue weighted by Crippen LogP contribution is -2.70. The van der Waals surface area contributed by atoms with Crippen LogP contribution in [0.3, 0.4) is 0 Å². The first-order chi connectivity index (χ1) is 11.3. The number of aromatic nitrogens is 2. The zero-order chi connectivity index (χ0) is 17.6. The number of thioether (sulfide) groups is 1. The van der Waals surface area contributed by atoms with Gasteiger partial charge in [-0.25, -0.2) is 4.79 Å². The fraction of sp³-hybridized carbons (Fsp3) is 0.429. The number of carbonyl (C=O) groups is 3. The fourth-order valence-corrected chi connectivity index (χ4v) is 4.23. The Morgan fingerprint density at radius 3 is 2.83 bits per heavy atom. The van der Waals surface area contributed by atoms with Crippen molar-refractivity contribution >= 4 is 41.1 Å². The highest BCUT2D eigenvalue weighted by Gasteiger charge is 2.53. The molecule has 128 valence electrons. The van der Waals surface area contributed by atoms with Crippen molar-refractivity contribution in [3.63, 3.8) is 0 Å². The number of fused-ring (bicyclic) bond motifs is 1. The molecule has 2 aliphatic rings. The zero-order valence-corrected chi connectivity index (χ0v) is 14.5. The number of nitrogens with one attached hydrogen (secondary N) is 1. The summed E-state index contributed by atoms with van der Waals surface area (Å²) in [7, 11) is 0. The number of aliphatic carboxylic acids is 1. The molecule has 1 aromatic heterocycles. The molecule has 1 fully saturated rings. The van der Waals surface area contributed by atoms with Gasteiger partial charge in [0.1, 0.15) is 17.1 Å². The van der Waals surface area contributed by atoms with Gasteiger partial charge in [0, 0.05) is 18.5 Å².